The Morgan fingerprint density at radius 2 is 1.57 bits per heavy atom. The van der Waals surface area contributed by atoms with E-state index in [4.69, 9.17) is 0 Å². The third-order valence-corrected chi connectivity index (χ3v) is 6.34. The predicted molar refractivity (Wildman–Crippen MR) is 136 cm³/mol. The van der Waals surface area contributed by atoms with Crippen molar-refractivity contribution >= 4 is 33.2 Å². The van der Waals surface area contributed by atoms with Crippen LogP contribution >= 0.6 is 0 Å². The molecule has 3 aromatic rings. The van der Waals surface area contributed by atoms with E-state index in [0.717, 1.165) is 22.9 Å². The molecule has 0 spiro atoms. The van der Waals surface area contributed by atoms with Gasteiger partial charge in [-0.1, -0.05) is 78.9 Å². The van der Waals surface area contributed by atoms with Crippen LogP contribution in [0.3, 0.4) is 0 Å². The molecule has 2 atom stereocenters. The Labute approximate surface area is 204 Å². The lowest BCUT2D eigenvalue weighted by atomic mass is 10.0. The second kappa shape index (κ2) is 10.2. The summed E-state index contributed by atoms with van der Waals surface area (Å²) in [5.74, 6) is -1.08. The quantitative estimate of drug-likeness (QED) is 0.529. The number of carbonyl (C=O) groups is 2. The van der Waals surface area contributed by atoms with Crippen LogP contribution in [0.2, 0.25) is 0 Å². The van der Waals surface area contributed by atoms with Gasteiger partial charge in [0.05, 0.1) is 17.7 Å². The van der Waals surface area contributed by atoms with Gasteiger partial charge in [-0.25, -0.2) is 18.1 Å². The second-order valence-corrected chi connectivity index (χ2v) is 10.1. The van der Waals surface area contributed by atoms with Gasteiger partial charge in [0.25, 0.3) is 5.91 Å². The molecule has 2 N–H and O–H groups in total. The summed E-state index contributed by atoms with van der Waals surface area (Å²) in [5, 5.41) is 2.67. The molecule has 4 rings (SSSR count). The Bertz CT molecular complexity index is 1360. The zero-order chi connectivity index (χ0) is 25.0. The number of fused-ring (bicyclic) bond motifs is 1. The molecule has 1 aliphatic rings. The van der Waals surface area contributed by atoms with Gasteiger partial charge in [0.15, 0.2) is 0 Å². The lowest BCUT2D eigenvalue weighted by molar-refractivity contribution is -0.128. The van der Waals surface area contributed by atoms with Crippen molar-refractivity contribution in [1.82, 2.24) is 10.0 Å². The van der Waals surface area contributed by atoms with E-state index in [-0.39, 0.29) is 6.42 Å². The molecule has 180 valence electrons. The number of carbonyl (C=O) groups excluding carboxylic acids is 2. The molecule has 9 heteroatoms. The van der Waals surface area contributed by atoms with Crippen LogP contribution in [0.5, 0.6) is 0 Å². The van der Waals surface area contributed by atoms with E-state index in [1.54, 1.807) is 19.2 Å². The van der Waals surface area contributed by atoms with Gasteiger partial charge in [0, 0.05) is 18.2 Å². The Kier molecular flexibility index (Phi) is 7.09. The Balaban J connectivity index is 1.70. The van der Waals surface area contributed by atoms with Gasteiger partial charge in [-0.2, -0.15) is 0 Å². The average molecular weight is 491 g/mol. The maximum atomic E-state index is 13.4. The number of aliphatic imine (C=N–C) groups is 1. The van der Waals surface area contributed by atoms with Crippen LogP contribution in [0, 0.1) is 0 Å². The first kappa shape index (κ1) is 24.3. The number of amides is 2. The van der Waals surface area contributed by atoms with Gasteiger partial charge < -0.3 is 10.2 Å². The van der Waals surface area contributed by atoms with Gasteiger partial charge in [0.1, 0.15) is 6.04 Å². The van der Waals surface area contributed by atoms with E-state index in [1.807, 2.05) is 72.8 Å². The lowest BCUT2D eigenvalue weighted by Gasteiger charge is -2.23. The molecule has 1 heterocycles. The van der Waals surface area contributed by atoms with Crippen molar-refractivity contribution in [2.75, 3.05) is 18.2 Å². The summed E-state index contributed by atoms with van der Waals surface area (Å²) in [6.07, 6.45) is -0.133. The van der Waals surface area contributed by atoms with Crippen LogP contribution in [0.4, 0.5) is 5.69 Å². The van der Waals surface area contributed by atoms with Crippen molar-refractivity contribution in [3.63, 3.8) is 0 Å². The van der Waals surface area contributed by atoms with E-state index in [2.05, 4.69) is 15.0 Å². The van der Waals surface area contributed by atoms with Crippen LogP contribution in [-0.4, -0.2) is 51.5 Å². The highest BCUT2D eigenvalue weighted by atomic mass is 32.2. The summed E-state index contributed by atoms with van der Waals surface area (Å²) in [7, 11) is -2.08. The maximum Gasteiger partial charge on any atom is 0.272 e. The first-order chi connectivity index (χ1) is 16.7. The highest BCUT2D eigenvalue weighted by Gasteiger charge is 2.33. The summed E-state index contributed by atoms with van der Waals surface area (Å²) < 4.78 is 26.4. The van der Waals surface area contributed by atoms with Gasteiger partial charge in [-0.05, 0) is 18.1 Å². The number of para-hydroxylation sites is 1. The Morgan fingerprint density at radius 1 is 0.971 bits per heavy atom. The molecule has 0 bridgehead atoms. The van der Waals surface area contributed by atoms with Crippen molar-refractivity contribution < 1.29 is 18.0 Å². The van der Waals surface area contributed by atoms with Crippen LogP contribution in [0.25, 0.3) is 0 Å². The van der Waals surface area contributed by atoms with Crippen molar-refractivity contribution in [2.45, 2.75) is 18.6 Å². The van der Waals surface area contributed by atoms with E-state index in [1.165, 1.54) is 4.90 Å². The number of benzodiazepines with no additional fused rings is 1. The summed E-state index contributed by atoms with van der Waals surface area (Å²) in [4.78, 5) is 32.8. The molecule has 3 aromatic carbocycles. The van der Waals surface area contributed by atoms with Crippen molar-refractivity contribution in [3.05, 3.63) is 102 Å². The zero-order valence-electron chi connectivity index (χ0n) is 19.4. The molecule has 0 saturated heterocycles. The largest absolute Gasteiger partial charge is 0.325 e. The highest BCUT2D eigenvalue weighted by molar-refractivity contribution is 7.88. The molecular weight excluding hydrogens is 464 g/mol. The minimum Gasteiger partial charge on any atom is -0.325 e. The van der Waals surface area contributed by atoms with Crippen LogP contribution in [0.15, 0.2) is 89.9 Å². The summed E-state index contributed by atoms with van der Waals surface area (Å²) in [5.41, 5.74) is 3.53. The number of benzene rings is 3. The van der Waals surface area contributed by atoms with E-state index < -0.39 is 34.0 Å². The predicted octanol–water partition coefficient (Wildman–Crippen LogP) is 2.10. The zero-order valence-corrected chi connectivity index (χ0v) is 20.2. The SMILES string of the molecule is CN1C(=O)[C@H](NC(=O)[C@@H](Cc2ccccc2)NS(C)(=O)=O)N=C(c2ccccc2)c2ccccc21. The molecule has 35 heavy (non-hydrogen) atoms. The topological polar surface area (TPSA) is 108 Å². The Morgan fingerprint density at radius 3 is 2.23 bits per heavy atom. The fourth-order valence-corrected chi connectivity index (χ4v) is 4.68. The van der Waals surface area contributed by atoms with Gasteiger partial charge >= 0.3 is 0 Å². The van der Waals surface area contributed by atoms with Crippen LogP contribution in [0.1, 0.15) is 16.7 Å². The fraction of sp³-hybridized carbons (Fsp3) is 0.192. The van der Waals surface area contributed by atoms with Gasteiger partial charge in [0.2, 0.25) is 22.1 Å². The molecular formula is C26H26N4O4S. The van der Waals surface area contributed by atoms with Crippen molar-refractivity contribution in [1.29, 1.82) is 0 Å². The monoisotopic (exact) mass is 490 g/mol. The summed E-state index contributed by atoms with van der Waals surface area (Å²) in [6, 6.07) is 24.7. The number of sulfonamides is 1. The van der Waals surface area contributed by atoms with Gasteiger partial charge in [-0.3, -0.25) is 9.59 Å². The van der Waals surface area contributed by atoms with E-state index in [9.17, 15) is 18.0 Å². The minimum absolute atomic E-state index is 0.117. The molecule has 0 fully saturated rings. The highest BCUT2D eigenvalue weighted by Crippen LogP contribution is 2.27. The molecule has 0 saturated carbocycles. The van der Waals surface area contributed by atoms with Crippen molar-refractivity contribution in [2.24, 2.45) is 4.99 Å². The number of nitrogens with zero attached hydrogens (tertiary/aromatic N) is 2. The number of likely N-dealkylation sites (N-methyl/N-ethyl adjacent to an activating group) is 1. The maximum absolute atomic E-state index is 13.4. The average Bonchev–Trinajstić information content (AvgIpc) is 2.95. The lowest BCUT2D eigenvalue weighted by Crippen LogP contribution is -2.53. The number of hydrogen-bond acceptors (Lipinski definition) is 5. The Hall–Kier alpha value is -3.82. The molecule has 1 aliphatic heterocycles. The number of hydrogen-bond donors (Lipinski definition) is 2. The first-order valence-electron chi connectivity index (χ1n) is 11.0. The smallest absolute Gasteiger partial charge is 0.272 e. The van der Waals surface area contributed by atoms with E-state index in [0.29, 0.717) is 11.4 Å². The number of anilines is 1. The second-order valence-electron chi connectivity index (χ2n) is 8.30. The van der Waals surface area contributed by atoms with Crippen molar-refractivity contribution in [3.8, 4) is 0 Å². The minimum atomic E-state index is -3.70. The number of nitrogens with one attached hydrogen (secondary N) is 2. The molecule has 8 nitrogen and oxygen atoms in total. The van der Waals surface area contributed by atoms with Gasteiger partial charge in [-0.15, -0.1) is 0 Å². The van der Waals surface area contributed by atoms with Crippen LogP contribution < -0.4 is 14.9 Å². The summed E-state index contributed by atoms with van der Waals surface area (Å²) >= 11 is 0. The molecule has 0 radical (unpaired) electrons. The molecule has 0 aliphatic carbocycles. The fourth-order valence-electron chi connectivity index (χ4n) is 3.97. The molecule has 2 amide bonds. The standard InChI is InChI=1S/C26H26N4O4S/c1-30-22-16-10-9-15-20(22)23(19-13-7-4-8-14-19)27-24(26(30)32)28-25(31)21(29-35(2,33)34)17-18-11-5-3-6-12-18/h3-16,21,24,29H,17H2,1-2H3,(H,28,31)/t21-,24+/m1/s1. The molecule has 0 aromatic heterocycles. The third kappa shape index (κ3) is 5.82. The normalized spacial score (nSPS) is 16.6. The summed E-state index contributed by atoms with van der Waals surface area (Å²) in [6.45, 7) is 0. The van der Waals surface area contributed by atoms with Crippen LogP contribution in [-0.2, 0) is 26.0 Å². The molecule has 0 unspecified atom stereocenters. The first-order valence-corrected chi connectivity index (χ1v) is 12.9. The third-order valence-electron chi connectivity index (χ3n) is 5.62. The number of rotatable bonds is 7. The van der Waals surface area contributed by atoms with E-state index >= 15 is 0 Å².